The van der Waals surface area contributed by atoms with E-state index in [0.29, 0.717) is 0 Å². The summed E-state index contributed by atoms with van der Waals surface area (Å²) in [4.78, 5) is 0. The number of halogens is 2. The summed E-state index contributed by atoms with van der Waals surface area (Å²) < 4.78 is 14.1. The SMILES string of the molecule is CCCNCC1CCCCC1Cc1ccc(F)cc1Br. The van der Waals surface area contributed by atoms with Crippen molar-refractivity contribution in [1.29, 1.82) is 0 Å². The molecule has 20 heavy (non-hydrogen) atoms. The minimum atomic E-state index is -0.162. The van der Waals surface area contributed by atoms with Crippen LogP contribution in [0, 0.1) is 17.7 Å². The normalized spacial score (nSPS) is 22.9. The summed E-state index contributed by atoms with van der Waals surface area (Å²) >= 11 is 3.50. The average Bonchev–Trinajstić information content (AvgIpc) is 2.44. The molecule has 0 aliphatic heterocycles. The predicted octanol–water partition coefficient (Wildman–Crippen LogP) is 4.94. The van der Waals surface area contributed by atoms with E-state index < -0.39 is 0 Å². The van der Waals surface area contributed by atoms with Gasteiger partial charge < -0.3 is 5.32 Å². The maximum atomic E-state index is 13.2. The van der Waals surface area contributed by atoms with Crippen LogP contribution in [-0.4, -0.2) is 13.1 Å². The van der Waals surface area contributed by atoms with Gasteiger partial charge in [-0.3, -0.25) is 0 Å². The highest BCUT2D eigenvalue weighted by atomic mass is 79.9. The van der Waals surface area contributed by atoms with Gasteiger partial charge in [0, 0.05) is 4.47 Å². The summed E-state index contributed by atoms with van der Waals surface area (Å²) in [6.45, 7) is 4.46. The predicted molar refractivity (Wildman–Crippen MR) is 86.4 cm³/mol. The first kappa shape index (κ1) is 16.0. The summed E-state index contributed by atoms with van der Waals surface area (Å²) in [5.74, 6) is 1.34. The van der Waals surface area contributed by atoms with E-state index >= 15 is 0 Å². The molecule has 112 valence electrons. The molecule has 0 saturated heterocycles. The third-order valence-corrected chi connectivity index (χ3v) is 5.14. The second-order valence-corrected chi connectivity index (χ2v) is 6.80. The Morgan fingerprint density at radius 1 is 1.25 bits per heavy atom. The van der Waals surface area contributed by atoms with Crippen molar-refractivity contribution in [1.82, 2.24) is 5.32 Å². The number of hydrogen-bond acceptors (Lipinski definition) is 1. The Morgan fingerprint density at radius 2 is 2.00 bits per heavy atom. The molecule has 1 N–H and O–H groups in total. The van der Waals surface area contributed by atoms with Crippen molar-refractivity contribution in [3.8, 4) is 0 Å². The van der Waals surface area contributed by atoms with Gasteiger partial charge in [0.05, 0.1) is 0 Å². The molecular formula is C17H25BrFN. The van der Waals surface area contributed by atoms with Crippen LogP contribution >= 0.6 is 15.9 Å². The summed E-state index contributed by atoms with van der Waals surface area (Å²) in [6.07, 6.45) is 7.61. The zero-order valence-corrected chi connectivity index (χ0v) is 13.9. The zero-order chi connectivity index (χ0) is 14.4. The largest absolute Gasteiger partial charge is 0.316 e. The Hall–Kier alpha value is -0.410. The van der Waals surface area contributed by atoms with Crippen LogP contribution in [0.1, 0.15) is 44.6 Å². The van der Waals surface area contributed by atoms with Gasteiger partial charge >= 0.3 is 0 Å². The molecule has 1 aliphatic rings. The molecule has 1 aromatic carbocycles. The topological polar surface area (TPSA) is 12.0 Å². The molecule has 2 rings (SSSR count). The summed E-state index contributed by atoms with van der Waals surface area (Å²) in [5, 5.41) is 3.57. The first-order valence-electron chi connectivity index (χ1n) is 7.85. The third-order valence-electron chi connectivity index (χ3n) is 4.40. The molecule has 0 bridgehead atoms. The molecule has 0 radical (unpaired) electrons. The van der Waals surface area contributed by atoms with Crippen molar-refractivity contribution in [2.45, 2.75) is 45.4 Å². The second-order valence-electron chi connectivity index (χ2n) is 5.95. The van der Waals surface area contributed by atoms with Gasteiger partial charge in [-0.25, -0.2) is 4.39 Å². The standard InChI is InChI=1S/C17H25BrFN/c1-2-9-20-12-15-6-4-3-5-13(15)10-14-7-8-16(19)11-17(14)18/h7-8,11,13,15,20H,2-6,9-10,12H2,1H3. The Balaban J connectivity index is 1.97. The van der Waals surface area contributed by atoms with E-state index in [0.717, 1.165) is 35.8 Å². The van der Waals surface area contributed by atoms with Crippen LogP contribution in [0.15, 0.2) is 22.7 Å². The maximum Gasteiger partial charge on any atom is 0.124 e. The van der Waals surface area contributed by atoms with Crippen molar-refractivity contribution >= 4 is 15.9 Å². The van der Waals surface area contributed by atoms with E-state index in [1.165, 1.54) is 37.7 Å². The van der Waals surface area contributed by atoms with Gasteiger partial charge in [0.25, 0.3) is 0 Å². The Bertz CT molecular complexity index is 421. The van der Waals surface area contributed by atoms with Crippen LogP contribution in [0.5, 0.6) is 0 Å². The first-order chi connectivity index (χ1) is 9.70. The fourth-order valence-corrected chi connectivity index (χ4v) is 3.77. The van der Waals surface area contributed by atoms with Crippen LogP contribution in [0.2, 0.25) is 0 Å². The first-order valence-corrected chi connectivity index (χ1v) is 8.64. The highest BCUT2D eigenvalue weighted by Crippen LogP contribution is 2.34. The van der Waals surface area contributed by atoms with Crippen molar-refractivity contribution in [2.75, 3.05) is 13.1 Å². The molecule has 1 saturated carbocycles. The average molecular weight is 342 g/mol. The van der Waals surface area contributed by atoms with Gasteiger partial charge in [0.15, 0.2) is 0 Å². The van der Waals surface area contributed by atoms with Crippen molar-refractivity contribution in [2.24, 2.45) is 11.8 Å². The van der Waals surface area contributed by atoms with Gasteiger partial charge in [0.1, 0.15) is 5.82 Å². The fraction of sp³-hybridized carbons (Fsp3) is 0.647. The molecule has 1 fully saturated rings. The number of benzene rings is 1. The molecular weight excluding hydrogens is 317 g/mol. The lowest BCUT2D eigenvalue weighted by atomic mass is 9.76. The van der Waals surface area contributed by atoms with Crippen molar-refractivity contribution in [3.05, 3.63) is 34.1 Å². The molecule has 0 heterocycles. The van der Waals surface area contributed by atoms with Gasteiger partial charge in [-0.1, -0.05) is 41.8 Å². The minimum Gasteiger partial charge on any atom is -0.316 e. The molecule has 2 unspecified atom stereocenters. The van der Waals surface area contributed by atoms with Gasteiger partial charge in [-0.15, -0.1) is 0 Å². The third kappa shape index (κ3) is 4.56. The maximum absolute atomic E-state index is 13.2. The lowest BCUT2D eigenvalue weighted by molar-refractivity contribution is 0.228. The number of nitrogens with one attached hydrogen (secondary N) is 1. The van der Waals surface area contributed by atoms with Crippen LogP contribution in [0.4, 0.5) is 4.39 Å². The van der Waals surface area contributed by atoms with Crippen LogP contribution in [0.25, 0.3) is 0 Å². The van der Waals surface area contributed by atoms with E-state index in [-0.39, 0.29) is 5.82 Å². The van der Waals surface area contributed by atoms with Gasteiger partial charge in [-0.2, -0.15) is 0 Å². The summed E-state index contributed by atoms with van der Waals surface area (Å²) in [7, 11) is 0. The second kappa shape index (κ2) is 8.14. The lowest BCUT2D eigenvalue weighted by Crippen LogP contribution is -2.32. The fourth-order valence-electron chi connectivity index (χ4n) is 3.26. The van der Waals surface area contributed by atoms with E-state index in [2.05, 4.69) is 28.2 Å². The van der Waals surface area contributed by atoms with E-state index in [4.69, 9.17) is 0 Å². The van der Waals surface area contributed by atoms with E-state index in [9.17, 15) is 4.39 Å². The highest BCUT2D eigenvalue weighted by Gasteiger charge is 2.25. The molecule has 0 aromatic heterocycles. The van der Waals surface area contributed by atoms with Crippen molar-refractivity contribution < 1.29 is 4.39 Å². The van der Waals surface area contributed by atoms with Crippen LogP contribution < -0.4 is 5.32 Å². The molecule has 0 amide bonds. The monoisotopic (exact) mass is 341 g/mol. The van der Waals surface area contributed by atoms with Gasteiger partial charge in [-0.05, 0) is 68.3 Å². The van der Waals surface area contributed by atoms with Gasteiger partial charge in [0.2, 0.25) is 0 Å². The quantitative estimate of drug-likeness (QED) is 0.723. The Morgan fingerprint density at radius 3 is 2.70 bits per heavy atom. The lowest BCUT2D eigenvalue weighted by Gasteiger charge is -2.32. The van der Waals surface area contributed by atoms with Crippen LogP contribution in [0.3, 0.4) is 0 Å². The summed E-state index contributed by atoms with van der Waals surface area (Å²) in [5.41, 5.74) is 1.25. The molecule has 2 atom stereocenters. The number of rotatable bonds is 6. The minimum absolute atomic E-state index is 0.162. The molecule has 0 spiro atoms. The molecule has 1 aliphatic carbocycles. The van der Waals surface area contributed by atoms with E-state index in [1.807, 2.05) is 6.07 Å². The molecule has 1 nitrogen and oxygen atoms in total. The number of hydrogen-bond donors (Lipinski definition) is 1. The Kier molecular flexibility index (Phi) is 6.50. The zero-order valence-electron chi connectivity index (χ0n) is 12.3. The summed E-state index contributed by atoms with van der Waals surface area (Å²) in [6, 6.07) is 5.10. The van der Waals surface area contributed by atoms with Crippen LogP contribution in [-0.2, 0) is 6.42 Å². The highest BCUT2D eigenvalue weighted by molar-refractivity contribution is 9.10. The smallest absolute Gasteiger partial charge is 0.124 e. The Labute approximate surface area is 130 Å². The van der Waals surface area contributed by atoms with Crippen molar-refractivity contribution in [3.63, 3.8) is 0 Å². The van der Waals surface area contributed by atoms with E-state index in [1.54, 1.807) is 12.1 Å². The molecule has 3 heteroatoms. The molecule has 1 aromatic rings.